The number of carbonyl (C=O) groups is 2. The molecule has 1 aliphatic carbocycles. The Labute approximate surface area is 135 Å². The van der Waals surface area contributed by atoms with Crippen LogP contribution in [0.4, 0.5) is 0 Å². The van der Waals surface area contributed by atoms with E-state index in [1.807, 2.05) is 11.4 Å². The van der Waals surface area contributed by atoms with E-state index < -0.39 is 16.8 Å². The van der Waals surface area contributed by atoms with Crippen molar-refractivity contribution in [1.82, 2.24) is 4.90 Å². The summed E-state index contributed by atoms with van der Waals surface area (Å²) in [5, 5.41) is 11.4. The van der Waals surface area contributed by atoms with Crippen LogP contribution in [0.5, 0.6) is 0 Å². The maximum absolute atomic E-state index is 13.3. The molecule has 0 radical (unpaired) electrons. The second-order valence-electron chi connectivity index (χ2n) is 6.96. The molecule has 2 aliphatic rings. The fraction of sp³-hybridized carbons (Fsp3) is 0.647. The second-order valence-corrected chi connectivity index (χ2v) is 7.91. The minimum atomic E-state index is -0.795. The first kappa shape index (κ1) is 15.5. The number of hydrogen-bond acceptors (Lipinski definition) is 3. The number of aliphatic carboxylic acids is 1. The smallest absolute Gasteiger partial charge is 0.311 e. The highest BCUT2D eigenvalue weighted by molar-refractivity contribution is 7.10. The Bertz CT molecular complexity index is 562. The molecule has 3 rings (SSSR count). The highest BCUT2D eigenvalue weighted by atomic mass is 32.1. The molecular formula is C17H23NO3S. The van der Waals surface area contributed by atoms with E-state index in [2.05, 4.69) is 6.07 Å². The summed E-state index contributed by atoms with van der Waals surface area (Å²) in [6.45, 7) is 2.66. The van der Waals surface area contributed by atoms with Crippen molar-refractivity contribution in [2.75, 3.05) is 13.1 Å². The average molecular weight is 321 g/mol. The quantitative estimate of drug-likeness (QED) is 0.929. The van der Waals surface area contributed by atoms with Gasteiger partial charge in [-0.15, -0.1) is 11.3 Å². The van der Waals surface area contributed by atoms with Gasteiger partial charge in [0, 0.05) is 18.0 Å². The lowest BCUT2D eigenvalue weighted by Crippen LogP contribution is -2.47. The Kier molecular flexibility index (Phi) is 4.02. The molecular weight excluding hydrogens is 298 g/mol. The molecule has 120 valence electrons. The summed E-state index contributed by atoms with van der Waals surface area (Å²) in [5.41, 5.74) is -1.20. The molecule has 1 atom stereocenters. The maximum Gasteiger partial charge on any atom is 0.311 e. The van der Waals surface area contributed by atoms with Gasteiger partial charge in [-0.25, -0.2) is 0 Å². The average Bonchev–Trinajstić information content (AvgIpc) is 3.17. The highest BCUT2D eigenvalue weighted by Gasteiger charge is 2.49. The number of likely N-dealkylation sites (tertiary alicyclic amines) is 1. The van der Waals surface area contributed by atoms with Crippen molar-refractivity contribution in [2.45, 2.75) is 50.9 Å². The van der Waals surface area contributed by atoms with Crippen molar-refractivity contribution in [2.24, 2.45) is 5.41 Å². The largest absolute Gasteiger partial charge is 0.481 e. The highest BCUT2D eigenvalue weighted by Crippen LogP contribution is 2.44. The van der Waals surface area contributed by atoms with Gasteiger partial charge in [0.2, 0.25) is 5.91 Å². The van der Waals surface area contributed by atoms with Gasteiger partial charge in [-0.2, -0.15) is 0 Å². The number of rotatable bonds is 3. The van der Waals surface area contributed by atoms with Crippen LogP contribution in [-0.4, -0.2) is 35.0 Å². The molecule has 0 bridgehead atoms. The Morgan fingerprint density at radius 1 is 1.23 bits per heavy atom. The molecule has 5 heteroatoms. The van der Waals surface area contributed by atoms with Gasteiger partial charge < -0.3 is 10.0 Å². The fourth-order valence-corrected chi connectivity index (χ4v) is 4.86. The van der Waals surface area contributed by atoms with E-state index in [9.17, 15) is 14.7 Å². The molecule has 22 heavy (non-hydrogen) atoms. The summed E-state index contributed by atoms with van der Waals surface area (Å²) in [6.07, 6.45) is 5.68. The van der Waals surface area contributed by atoms with E-state index >= 15 is 0 Å². The molecule has 1 unspecified atom stereocenters. The normalized spacial score (nSPS) is 27.8. The topological polar surface area (TPSA) is 57.6 Å². The second kappa shape index (κ2) is 5.69. The van der Waals surface area contributed by atoms with Crippen LogP contribution in [0.1, 0.15) is 50.3 Å². The molecule has 1 saturated heterocycles. The van der Waals surface area contributed by atoms with Gasteiger partial charge in [0.05, 0.1) is 10.8 Å². The summed E-state index contributed by atoms with van der Waals surface area (Å²) in [4.78, 5) is 27.7. The molecule has 0 spiro atoms. The molecule has 0 aromatic carbocycles. The first-order valence-corrected chi connectivity index (χ1v) is 8.93. The van der Waals surface area contributed by atoms with Crippen LogP contribution < -0.4 is 0 Å². The van der Waals surface area contributed by atoms with E-state index in [1.165, 1.54) is 6.42 Å². The first-order chi connectivity index (χ1) is 10.5. The van der Waals surface area contributed by atoms with Gasteiger partial charge in [0.15, 0.2) is 0 Å². The van der Waals surface area contributed by atoms with Crippen molar-refractivity contribution in [1.29, 1.82) is 0 Å². The molecule has 2 heterocycles. The summed E-state index contributed by atoms with van der Waals surface area (Å²) in [5.74, 6) is -0.642. The van der Waals surface area contributed by atoms with Gasteiger partial charge >= 0.3 is 5.97 Å². The third kappa shape index (κ3) is 2.45. The Morgan fingerprint density at radius 3 is 2.50 bits per heavy atom. The van der Waals surface area contributed by atoms with Crippen LogP contribution in [0, 0.1) is 5.41 Å². The van der Waals surface area contributed by atoms with E-state index in [1.54, 1.807) is 23.2 Å². The maximum atomic E-state index is 13.3. The third-order valence-electron chi connectivity index (χ3n) is 5.39. The van der Waals surface area contributed by atoms with Crippen molar-refractivity contribution >= 4 is 23.2 Å². The lowest BCUT2D eigenvalue weighted by atomic mass is 9.72. The van der Waals surface area contributed by atoms with Crippen molar-refractivity contribution in [3.63, 3.8) is 0 Å². The number of thiophene rings is 1. The first-order valence-electron chi connectivity index (χ1n) is 8.05. The molecule has 2 fully saturated rings. The predicted octanol–water partition coefficient (Wildman–Crippen LogP) is 3.27. The van der Waals surface area contributed by atoms with Crippen molar-refractivity contribution < 1.29 is 14.7 Å². The van der Waals surface area contributed by atoms with Crippen LogP contribution in [0.3, 0.4) is 0 Å². The molecule has 4 nitrogen and oxygen atoms in total. The third-order valence-corrected chi connectivity index (χ3v) is 6.46. The lowest BCUT2D eigenvalue weighted by Gasteiger charge is -2.38. The number of amides is 1. The van der Waals surface area contributed by atoms with Gasteiger partial charge in [-0.3, -0.25) is 9.59 Å². The summed E-state index contributed by atoms with van der Waals surface area (Å²) in [6, 6.07) is 4.08. The van der Waals surface area contributed by atoms with Gasteiger partial charge in [0.25, 0.3) is 0 Å². The Morgan fingerprint density at radius 2 is 1.95 bits per heavy atom. The zero-order chi connectivity index (χ0) is 15.8. The van der Waals surface area contributed by atoms with Crippen LogP contribution in [-0.2, 0) is 15.0 Å². The van der Waals surface area contributed by atoms with E-state index in [0.29, 0.717) is 19.5 Å². The van der Waals surface area contributed by atoms with E-state index in [-0.39, 0.29) is 5.91 Å². The predicted molar refractivity (Wildman–Crippen MR) is 86.0 cm³/mol. The fourth-order valence-electron chi connectivity index (χ4n) is 3.88. The zero-order valence-electron chi connectivity index (χ0n) is 13.0. The number of carboxylic acids is 1. The number of nitrogens with zero attached hydrogens (tertiary/aromatic N) is 1. The SMILES string of the molecule is CC1(C(=O)O)CCN(C(=O)C2(c3cccs3)CCCCC2)C1. The van der Waals surface area contributed by atoms with Crippen LogP contribution in [0.2, 0.25) is 0 Å². The Balaban J connectivity index is 1.87. The number of carboxylic acid groups (broad SMARTS) is 1. The summed E-state index contributed by atoms with van der Waals surface area (Å²) >= 11 is 1.66. The Hall–Kier alpha value is -1.36. The summed E-state index contributed by atoms with van der Waals surface area (Å²) < 4.78 is 0. The van der Waals surface area contributed by atoms with Crippen LogP contribution in [0.15, 0.2) is 17.5 Å². The van der Waals surface area contributed by atoms with E-state index in [0.717, 1.165) is 30.6 Å². The zero-order valence-corrected chi connectivity index (χ0v) is 13.8. The molecule has 1 amide bonds. The van der Waals surface area contributed by atoms with Gasteiger partial charge in [-0.1, -0.05) is 25.3 Å². The molecule has 1 aromatic heterocycles. The minimum absolute atomic E-state index is 0.152. The monoisotopic (exact) mass is 321 g/mol. The number of hydrogen-bond donors (Lipinski definition) is 1. The lowest BCUT2D eigenvalue weighted by molar-refractivity contribution is -0.148. The molecule has 1 saturated carbocycles. The number of carbonyl (C=O) groups excluding carboxylic acids is 1. The molecule has 1 aliphatic heterocycles. The van der Waals surface area contributed by atoms with Crippen LogP contribution >= 0.6 is 11.3 Å². The molecule has 1 aromatic rings. The van der Waals surface area contributed by atoms with Crippen molar-refractivity contribution in [3.05, 3.63) is 22.4 Å². The van der Waals surface area contributed by atoms with Crippen molar-refractivity contribution in [3.8, 4) is 0 Å². The minimum Gasteiger partial charge on any atom is -0.481 e. The van der Waals surface area contributed by atoms with E-state index in [4.69, 9.17) is 0 Å². The van der Waals surface area contributed by atoms with Gasteiger partial charge in [0.1, 0.15) is 0 Å². The standard InChI is InChI=1S/C17H23NO3S/c1-16(15(20)21)9-10-18(12-16)14(19)17(7-3-2-4-8-17)13-6-5-11-22-13/h5-6,11H,2-4,7-10,12H2,1H3,(H,20,21). The van der Waals surface area contributed by atoms with Gasteiger partial charge in [-0.05, 0) is 37.6 Å². The summed E-state index contributed by atoms with van der Waals surface area (Å²) in [7, 11) is 0. The van der Waals surface area contributed by atoms with Crippen LogP contribution in [0.25, 0.3) is 0 Å². The molecule has 1 N–H and O–H groups in total.